The van der Waals surface area contributed by atoms with Crippen molar-refractivity contribution in [1.29, 1.82) is 0 Å². The molecule has 0 radical (unpaired) electrons. The highest BCUT2D eigenvalue weighted by molar-refractivity contribution is 9.10. The molecule has 2 rings (SSSR count). The van der Waals surface area contributed by atoms with Crippen LogP contribution in [-0.4, -0.2) is 21.3 Å². The van der Waals surface area contributed by atoms with Gasteiger partial charge in [-0.3, -0.25) is 9.67 Å². The zero-order valence-electron chi connectivity index (χ0n) is 12.5. The first-order valence-electron chi connectivity index (χ1n) is 7.11. The van der Waals surface area contributed by atoms with E-state index in [-0.39, 0.29) is 6.04 Å². The van der Waals surface area contributed by atoms with Gasteiger partial charge in [0.15, 0.2) is 0 Å². The molecule has 0 aliphatic rings. The van der Waals surface area contributed by atoms with E-state index in [1.165, 1.54) is 5.69 Å². The van der Waals surface area contributed by atoms with Crippen LogP contribution in [0.2, 0.25) is 5.02 Å². The Kier molecular flexibility index (Phi) is 5.79. The van der Waals surface area contributed by atoms with Gasteiger partial charge in [0.2, 0.25) is 0 Å². The van der Waals surface area contributed by atoms with Gasteiger partial charge >= 0.3 is 0 Å². The molecule has 21 heavy (non-hydrogen) atoms. The van der Waals surface area contributed by atoms with Crippen molar-refractivity contribution in [2.24, 2.45) is 7.05 Å². The summed E-state index contributed by atoms with van der Waals surface area (Å²) in [5, 5.41) is 8.69. The fourth-order valence-electron chi connectivity index (χ4n) is 2.36. The number of nitrogens with zero attached hydrogens (tertiary/aromatic N) is 3. The maximum atomic E-state index is 5.92. The first-order chi connectivity index (χ1) is 10.1. The second-order valence-electron chi connectivity index (χ2n) is 4.90. The highest BCUT2D eigenvalue weighted by atomic mass is 79.9. The first-order valence-corrected chi connectivity index (χ1v) is 8.28. The molecule has 0 fully saturated rings. The van der Waals surface area contributed by atoms with E-state index in [2.05, 4.69) is 45.2 Å². The molecule has 6 heteroatoms. The lowest BCUT2D eigenvalue weighted by Gasteiger charge is -2.18. The molecule has 1 N–H and O–H groups in total. The minimum absolute atomic E-state index is 0.142. The molecule has 0 amide bonds. The van der Waals surface area contributed by atoms with E-state index in [9.17, 15) is 0 Å². The number of rotatable bonds is 6. The summed E-state index contributed by atoms with van der Waals surface area (Å²) in [7, 11) is 1.98. The lowest BCUT2D eigenvalue weighted by Crippen LogP contribution is -2.24. The topological polar surface area (TPSA) is 42.7 Å². The van der Waals surface area contributed by atoms with Gasteiger partial charge in [-0.05, 0) is 41.0 Å². The third kappa shape index (κ3) is 3.84. The second-order valence-corrected chi connectivity index (χ2v) is 6.13. The van der Waals surface area contributed by atoms with E-state index < -0.39 is 0 Å². The van der Waals surface area contributed by atoms with Gasteiger partial charge in [-0.25, -0.2) is 0 Å². The van der Waals surface area contributed by atoms with Gasteiger partial charge in [-0.1, -0.05) is 25.4 Å². The van der Waals surface area contributed by atoms with E-state index in [1.54, 1.807) is 6.20 Å². The van der Waals surface area contributed by atoms with Gasteiger partial charge in [-0.2, -0.15) is 5.10 Å². The van der Waals surface area contributed by atoms with Crippen molar-refractivity contribution in [3.05, 3.63) is 44.9 Å². The van der Waals surface area contributed by atoms with Crippen LogP contribution >= 0.6 is 27.5 Å². The summed E-state index contributed by atoms with van der Waals surface area (Å²) < 4.78 is 3.05. The van der Waals surface area contributed by atoms with Gasteiger partial charge in [0, 0.05) is 19.7 Å². The van der Waals surface area contributed by atoms with Crippen LogP contribution in [-0.2, 0) is 19.9 Å². The third-order valence-corrected chi connectivity index (χ3v) is 4.60. The largest absolute Gasteiger partial charge is 0.309 e. The molecule has 0 saturated carbocycles. The molecule has 1 atom stereocenters. The molecule has 0 aliphatic heterocycles. The van der Waals surface area contributed by atoms with Crippen molar-refractivity contribution in [3.63, 3.8) is 0 Å². The summed E-state index contributed by atoms with van der Waals surface area (Å²) >= 11 is 9.60. The Morgan fingerprint density at radius 2 is 2.14 bits per heavy atom. The molecule has 4 nitrogen and oxygen atoms in total. The van der Waals surface area contributed by atoms with Crippen LogP contribution in [0.15, 0.2) is 22.8 Å². The highest BCUT2D eigenvalue weighted by Gasteiger charge is 2.19. The predicted octanol–water partition coefficient (Wildman–Crippen LogP) is 3.69. The zero-order chi connectivity index (χ0) is 15.4. The van der Waals surface area contributed by atoms with Gasteiger partial charge in [0.1, 0.15) is 0 Å². The van der Waals surface area contributed by atoms with E-state index in [1.807, 2.05) is 23.9 Å². The standard InChI is InChI=1S/C15H20BrClN4/c1-4-11-15(16)14(21(3)20-11)8-13(18-5-2)12-7-6-10(17)9-19-12/h6-7,9,13,18H,4-5,8H2,1-3H3. The monoisotopic (exact) mass is 370 g/mol. The minimum atomic E-state index is 0.142. The smallest absolute Gasteiger partial charge is 0.0766 e. The van der Waals surface area contributed by atoms with Crippen LogP contribution in [0.5, 0.6) is 0 Å². The second kappa shape index (κ2) is 7.38. The molecular weight excluding hydrogens is 352 g/mol. The summed E-state index contributed by atoms with van der Waals surface area (Å²) in [6.45, 7) is 5.09. The Balaban J connectivity index is 2.28. The molecule has 0 bridgehead atoms. The molecule has 0 aliphatic carbocycles. The van der Waals surface area contributed by atoms with Gasteiger partial charge in [-0.15, -0.1) is 0 Å². The maximum Gasteiger partial charge on any atom is 0.0766 e. The fourth-order valence-corrected chi connectivity index (χ4v) is 3.25. The molecule has 0 aromatic carbocycles. The van der Waals surface area contributed by atoms with Crippen LogP contribution in [0.4, 0.5) is 0 Å². The Morgan fingerprint density at radius 3 is 2.67 bits per heavy atom. The van der Waals surface area contributed by atoms with E-state index >= 15 is 0 Å². The molecule has 114 valence electrons. The van der Waals surface area contributed by atoms with Crippen molar-refractivity contribution < 1.29 is 0 Å². The highest BCUT2D eigenvalue weighted by Crippen LogP contribution is 2.26. The molecule has 1 unspecified atom stereocenters. The predicted molar refractivity (Wildman–Crippen MR) is 89.7 cm³/mol. The number of halogens is 2. The average molecular weight is 372 g/mol. The summed E-state index contributed by atoms with van der Waals surface area (Å²) in [4.78, 5) is 4.44. The number of likely N-dealkylation sites (N-methyl/N-ethyl adjacent to an activating group) is 1. The minimum Gasteiger partial charge on any atom is -0.309 e. The van der Waals surface area contributed by atoms with Crippen LogP contribution in [0.25, 0.3) is 0 Å². The molecule has 2 heterocycles. The maximum absolute atomic E-state index is 5.92. The number of pyridine rings is 1. The van der Waals surface area contributed by atoms with Crippen molar-refractivity contribution >= 4 is 27.5 Å². The normalized spacial score (nSPS) is 12.6. The molecule has 2 aromatic rings. The number of aromatic nitrogens is 3. The number of aryl methyl sites for hydroxylation is 2. The van der Waals surface area contributed by atoms with E-state index in [0.717, 1.165) is 35.2 Å². The SMILES string of the molecule is CCNC(Cc1c(Br)c(CC)nn1C)c1ccc(Cl)cn1. The zero-order valence-corrected chi connectivity index (χ0v) is 14.9. The van der Waals surface area contributed by atoms with Gasteiger partial charge < -0.3 is 5.32 Å². The summed E-state index contributed by atoms with van der Waals surface area (Å²) in [5.41, 5.74) is 3.26. The number of nitrogens with one attached hydrogen (secondary N) is 1. The van der Waals surface area contributed by atoms with Crippen LogP contribution in [0.3, 0.4) is 0 Å². The molecular formula is C15H20BrClN4. The number of hydrogen-bond acceptors (Lipinski definition) is 3. The lowest BCUT2D eigenvalue weighted by molar-refractivity contribution is 0.516. The van der Waals surface area contributed by atoms with Gasteiger partial charge in [0.05, 0.1) is 32.6 Å². The Morgan fingerprint density at radius 1 is 1.38 bits per heavy atom. The summed E-state index contributed by atoms with van der Waals surface area (Å²) in [5.74, 6) is 0. The first kappa shape index (κ1) is 16.5. The van der Waals surface area contributed by atoms with Crippen molar-refractivity contribution in [2.45, 2.75) is 32.7 Å². The van der Waals surface area contributed by atoms with E-state index in [0.29, 0.717) is 5.02 Å². The van der Waals surface area contributed by atoms with Crippen molar-refractivity contribution in [3.8, 4) is 0 Å². The summed E-state index contributed by atoms with van der Waals surface area (Å²) in [6, 6.07) is 3.99. The fraction of sp³-hybridized carbons (Fsp3) is 0.467. The lowest BCUT2D eigenvalue weighted by atomic mass is 10.1. The van der Waals surface area contributed by atoms with Crippen LogP contribution in [0, 0.1) is 0 Å². The third-order valence-electron chi connectivity index (χ3n) is 3.46. The molecule has 0 saturated heterocycles. The Labute approximate surface area is 139 Å². The molecule has 2 aromatic heterocycles. The number of hydrogen-bond donors (Lipinski definition) is 1. The average Bonchev–Trinajstić information content (AvgIpc) is 2.75. The van der Waals surface area contributed by atoms with Crippen LogP contribution in [0.1, 0.15) is 37.0 Å². The van der Waals surface area contributed by atoms with E-state index in [4.69, 9.17) is 11.6 Å². The van der Waals surface area contributed by atoms with Crippen molar-refractivity contribution in [2.75, 3.05) is 6.54 Å². The quantitative estimate of drug-likeness (QED) is 0.842. The Hall–Kier alpha value is -0.910. The summed E-state index contributed by atoms with van der Waals surface area (Å²) in [6.07, 6.45) is 3.43. The van der Waals surface area contributed by atoms with Crippen molar-refractivity contribution in [1.82, 2.24) is 20.1 Å². The Bertz CT molecular complexity index is 594. The van der Waals surface area contributed by atoms with Crippen LogP contribution < -0.4 is 5.32 Å². The molecule has 0 spiro atoms. The van der Waals surface area contributed by atoms with Gasteiger partial charge in [0.25, 0.3) is 0 Å².